The first-order valence-electron chi connectivity index (χ1n) is 20.3. The van der Waals surface area contributed by atoms with Gasteiger partial charge in [-0.1, -0.05) is 97.1 Å². The molecule has 4 aromatic rings. The molecule has 1 aliphatic carbocycles. The lowest BCUT2D eigenvalue weighted by molar-refractivity contribution is -0.129. The molecule has 0 bridgehead atoms. The molecule has 0 aromatic heterocycles. The van der Waals surface area contributed by atoms with Crippen LogP contribution in [0, 0.1) is 0 Å². The van der Waals surface area contributed by atoms with Crippen LogP contribution in [0.4, 0.5) is 4.79 Å². The van der Waals surface area contributed by atoms with Gasteiger partial charge in [-0.25, -0.2) is 4.79 Å². The summed E-state index contributed by atoms with van der Waals surface area (Å²) in [5.41, 5.74) is 3.06. The van der Waals surface area contributed by atoms with Crippen LogP contribution < -0.4 is 15.4 Å². The third-order valence-corrected chi connectivity index (χ3v) is 11.5. The van der Waals surface area contributed by atoms with Crippen molar-refractivity contribution < 1.29 is 43.5 Å². The number of hydrogen-bond acceptors (Lipinski definition) is 10. The Labute approximate surface area is 340 Å². The Hall–Kier alpha value is -4.82. The molecule has 0 radical (unpaired) electrons. The van der Waals surface area contributed by atoms with E-state index in [9.17, 15) is 19.8 Å². The molecule has 7 atom stereocenters. The van der Waals surface area contributed by atoms with E-state index >= 15 is 0 Å². The summed E-state index contributed by atoms with van der Waals surface area (Å²) in [7, 11) is 0. The highest BCUT2D eigenvalue weighted by Gasteiger charge is 2.43. The van der Waals surface area contributed by atoms with Crippen molar-refractivity contribution in [1.82, 2.24) is 15.5 Å². The number of carbonyl (C=O) groups is 2. The fourth-order valence-corrected chi connectivity index (χ4v) is 8.02. The van der Waals surface area contributed by atoms with Crippen LogP contribution >= 0.6 is 0 Å². The molecular formula is C46H55N3O9. The molecule has 2 saturated heterocycles. The highest BCUT2D eigenvalue weighted by atomic mass is 16.6. The van der Waals surface area contributed by atoms with Crippen molar-refractivity contribution in [2.24, 2.45) is 0 Å². The number of nitrogens with zero attached hydrogens (tertiary/aromatic N) is 1. The molecule has 2 aliphatic heterocycles. The smallest absolute Gasteiger partial charge is 0.407 e. The van der Waals surface area contributed by atoms with E-state index in [1.165, 1.54) is 0 Å². The first-order chi connectivity index (χ1) is 28.2. The minimum Gasteiger partial charge on any atom is -0.492 e. The van der Waals surface area contributed by atoms with Crippen LogP contribution in [0.25, 0.3) is 0 Å². The number of aliphatic hydroxyl groups is 2. The number of amides is 2. The standard InChI is InChI=1S/C46H55N3O9/c1-46(44(52)48-43-37-15-9-8-14-34(37)27-39(43)50,35-16-18-36(19-17-35)56-25-22-49-20-23-54-24-21-49)28-40(51)38(26-32-10-4-2-5-11-32)47-45(53)58-42-31-55-30-41(42)57-29-33-12-6-3-7-13-33/h2-19,38-43,50-51H,20-31H2,1H3,(H,47,53)(H,48,52)/t38-,39+,40-,41-,42+,43-,46+/m0/s1. The summed E-state index contributed by atoms with van der Waals surface area (Å²) < 4.78 is 29.1. The van der Waals surface area contributed by atoms with Crippen LogP contribution in [0.2, 0.25) is 0 Å². The number of hydrogen-bond donors (Lipinski definition) is 4. The lowest BCUT2D eigenvalue weighted by Crippen LogP contribution is -2.52. The molecule has 4 aromatic carbocycles. The second-order valence-electron chi connectivity index (χ2n) is 15.6. The first-order valence-corrected chi connectivity index (χ1v) is 20.3. The number of nitrogens with one attached hydrogen (secondary N) is 2. The Morgan fingerprint density at radius 2 is 1.53 bits per heavy atom. The zero-order valence-electron chi connectivity index (χ0n) is 33.0. The van der Waals surface area contributed by atoms with Crippen LogP contribution in [0.1, 0.15) is 47.2 Å². The van der Waals surface area contributed by atoms with Gasteiger partial charge in [0, 0.05) is 26.1 Å². The number of ether oxygens (including phenoxy) is 5. The zero-order valence-corrected chi connectivity index (χ0v) is 33.0. The van der Waals surface area contributed by atoms with Gasteiger partial charge in [-0.15, -0.1) is 0 Å². The molecule has 0 spiro atoms. The Kier molecular flexibility index (Phi) is 14.1. The van der Waals surface area contributed by atoms with E-state index in [1.54, 1.807) is 6.92 Å². The number of morpholine rings is 1. The van der Waals surface area contributed by atoms with Gasteiger partial charge in [0.1, 0.15) is 18.5 Å². The lowest BCUT2D eigenvalue weighted by Gasteiger charge is -2.35. The lowest BCUT2D eigenvalue weighted by atomic mass is 9.75. The molecule has 12 nitrogen and oxygen atoms in total. The van der Waals surface area contributed by atoms with Crippen molar-refractivity contribution in [3.63, 3.8) is 0 Å². The molecule has 0 unspecified atom stereocenters. The van der Waals surface area contributed by atoms with E-state index in [0.717, 1.165) is 41.9 Å². The van der Waals surface area contributed by atoms with Crippen LogP contribution in [-0.2, 0) is 48.6 Å². The SMILES string of the molecule is C[C@](C[C@H](O)[C@H](Cc1ccccc1)NC(=O)O[C@@H]1COC[C@@H]1OCc1ccccc1)(C(=O)N[C@H]1c2ccccc2C[C@H]1O)c1ccc(OCCN2CCOCC2)cc1. The number of benzene rings is 4. The molecule has 7 rings (SSSR count). The third kappa shape index (κ3) is 10.6. The maximum atomic E-state index is 14.7. The van der Waals surface area contributed by atoms with E-state index in [1.807, 2.05) is 109 Å². The van der Waals surface area contributed by atoms with Crippen molar-refractivity contribution >= 4 is 12.0 Å². The van der Waals surface area contributed by atoms with Gasteiger partial charge in [-0.05, 0) is 59.7 Å². The summed E-state index contributed by atoms with van der Waals surface area (Å²) in [5, 5.41) is 29.3. The minimum atomic E-state index is -1.31. The quantitative estimate of drug-likeness (QED) is 0.121. The summed E-state index contributed by atoms with van der Waals surface area (Å²) >= 11 is 0. The summed E-state index contributed by atoms with van der Waals surface area (Å²) in [4.78, 5) is 30.6. The van der Waals surface area contributed by atoms with Crippen molar-refractivity contribution in [3.05, 3.63) is 137 Å². The molecule has 3 aliphatic rings. The van der Waals surface area contributed by atoms with Gasteiger partial charge in [0.15, 0.2) is 6.10 Å². The maximum absolute atomic E-state index is 14.7. The first kappa shape index (κ1) is 41.3. The molecular weight excluding hydrogens is 739 g/mol. The molecule has 2 fully saturated rings. The van der Waals surface area contributed by atoms with Crippen LogP contribution in [0.5, 0.6) is 5.75 Å². The number of aliphatic hydroxyl groups excluding tert-OH is 2. The fourth-order valence-electron chi connectivity index (χ4n) is 8.02. The van der Waals surface area contributed by atoms with Crippen LogP contribution in [-0.4, -0.2) is 110 Å². The third-order valence-electron chi connectivity index (χ3n) is 11.5. The Morgan fingerprint density at radius 3 is 2.28 bits per heavy atom. The van der Waals surface area contributed by atoms with Gasteiger partial charge in [0.2, 0.25) is 5.91 Å². The summed E-state index contributed by atoms with van der Waals surface area (Å²) in [6.07, 6.45) is -3.21. The zero-order chi connectivity index (χ0) is 40.3. The summed E-state index contributed by atoms with van der Waals surface area (Å²) in [5.74, 6) is 0.296. The topological polar surface area (TPSA) is 148 Å². The van der Waals surface area contributed by atoms with Crippen LogP contribution in [0.3, 0.4) is 0 Å². The van der Waals surface area contributed by atoms with E-state index < -0.39 is 48.0 Å². The predicted octanol–water partition coefficient (Wildman–Crippen LogP) is 4.50. The highest BCUT2D eigenvalue weighted by Crippen LogP contribution is 2.36. The number of carbonyl (C=O) groups excluding carboxylic acids is 2. The van der Waals surface area contributed by atoms with Crippen LogP contribution in [0.15, 0.2) is 109 Å². The van der Waals surface area contributed by atoms with Gasteiger partial charge >= 0.3 is 6.09 Å². The molecule has 2 heterocycles. The van der Waals surface area contributed by atoms with E-state index in [4.69, 9.17) is 23.7 Å². The second kappa shape index (κ2) is 19.8. The summed E-state index contributed by atoms with van der Waals surface area (Å²) in [6.45, 7) is 7.05. The van der Waals surface area contributed by atoms with Crippen molar-refractivity contribution in [2.75, 3.05) is 52.7 Å². The minimum absolute atomic E-state index is 0.0618. The normalized spacial score (nSPS) is 22.6. The van der Waals surface area contributed by atoms with Gasteiger partial charge < -0.3 is 44.5 Å². The molecule has 308 valence electrons. The van der Waals surface area contributed by atoms with Gasteiger partial charge in [0.05, 0.1) is 62.7 Å². The predicted molar refractivity (Wildman–Crippen MR) is 217 cm³/mol. The molecule has 58 heavy (non-hydrogen) atoms. The van der Waals surface area contributed by atoms with Crippen molar-refractivity contribution in [2.45, 2.75) is 74.7 Å². The molecule has 12 heteroatoms. The monoisotopic (exact) mass is 793 g/mol. The summed E-state index contributed by atoms with van der Waals surface area (Å²) in [6, 6.07) is 32.9. The molecule has 0 saturated carbocycles. The molecule has 4 N–H and O–H groups in total. The van der Waals surface area contributed by atoms with Gasteiger partial charge in [-0.2, -0.15) is 0 Å². The second-order valence-corrected chi connectivity index (χ2v) is 15.6. The van der Waals surface area contributed by atoms with Gasteiger partial charge in [0.25, 0.3) is 0 Å². The Bertz CT molecular complexity index is 1910. The Morgan fingerprint density at radius 1 is 0.862 bits per heavy atom. The number of fused-ring (bicyclic) bond motifs is 1. The van der Waals surface area contributed by atoms with E-state index in [-0.39, 0.29) is 32.0 Å². The van der Waals surface area contributed by atoms with E-state index in [0.29, 0.717) is 44.2 Å². The van der Waals surface area contributed by atoms with Crippen molar-refractivity contribution in [1.29, 1.82) is 0 Å². The van der Waals surface area contributed by atoms with Crippen molar-refractivity contribution in [3.8, 4) is 5.75 Å². The largest absolute Gasteiger partial charge is 0.492 e. The van der Waals surface area contributed by atoms with E-state index in [2.05, 4.69) is 15.5 Å². The number of alkyl carbamates (subject to hydrolysis) is 1. The maximum Gasteiger partial charge on any atom is 0.407 e. The highest BCUT2D eigenvalue weighted by molar-refractivity contribution is 5.88. The number of rotatable bonds is 17. The fraction of sp³-hybridized carbons (Fsp3) is 0.435. The molecule has 2 amide bonds. The average Bonchev–Trinajstić information content (AvgIpc) is 3.83. The average molecular weight is 794 g/mol. The van der Waals surface area contributed by atoms with Gasteiger partial charge in [-0.3, -0.25) is 9.69 Å². The Balaban J connectivity index is 1.08.